The third-order valence-corrected chi connectivity index (χ3v) is 4.02. The summed E-state index contributed by atoms with van der Waals surface area (Å²) in [7, 11) is 0. The highest BCUT2D eigenvalue weighted by atomic mass is 16.4. The second-order valence-electron chi connectivity index (χ2n) is 5.58. The van der Waals surface area contributed by atoms with Gasteiger partial charge in [-0.1, -0.05) is 25.5 Å². The van der Waals surface area contributed by atoms with Gasteiger partial charge in [-0.25, -0.2) is 4.79 Å². The lowest BCUT2D eigenvalue weighted by molar-refractivity contribution is -0.162. The second kappa shape index (κ2) is 6.26. The molecule has 1 saturated heterocycles. The number of hydrogen-bond acceptors (Lipinski definition) is 3. The van der Waals surface area contributed by atoms with Crippen molar-refractivity contribution in [3.63, 3.8) is 0 Å². The van der Waals surface area contributed by atoms with Gasteiger partial charge in [0.25, 0.3) is 5.91 Å². The highest BCUT2D eigenvalue weighted by molar-refractivity contribution is 5.94. The molecule has 1 aliphatic heterocycles. The van der Waals surface area contributed by atoms with Gasteiger partial charge >= 0.3 is 5.97 Å². The van der Waals surface area contributed by atoms with Crippen molar-refractivity contribution in [3.8, 4) is 0 Å². The fraction of sp³-hybridized carbons (Fsp3) is 0.500. The average molecular weight is 291 g/mol. The number of aliphatic carboxylic acids is 1. The summed E-state index contributed by atoms with van der Waals surface area (Å²) in [4.78, 5) is 24.9. The van der Waals surface area contributed by atoms with Crippen molar-refractivity contribution in [1.29, 1.82) is 0 Å². The van der Waals surface area contributed by atoms with E-state index in [9.17, 15) is 14.7 Å². The van der Waals surface area contributed by atoms with Gasteiger partial charge in [0.1, 0.15) is 0 Å². The number of carbonyl (C=O) groups excluding carboxylic acids is 1. The van der Waals surface area contributed by atoms with Crippen LogP contribution in [0.5, 0.6) is 0 Å². The normalized spacial score (nSPS) is 17.5. The molecule has 5 heteroatoms. The maximum Gasteiger partial charge on any atom is 0.335 e. The molecule has 0 spiro atoms. The zero-order valence-corrected chi connectivity index (χ0v) is 12.2. The van der Waals surface area contributed by atoms with Crippen LogP contribution in [0.1, 0.15) is 42.1 Å². The summed E-state index contributed by atoms with van der Waals surface area (Å²) in [5.41, 5.74) is 0.116. The maximum atomic E-state index is 12.3. The van der Waals surface area contributed by atoms with Crippen LogP contribution in [0.2, 0.25) is 0 Å². The number of carboxylic acids is 1. The van der Waals surface area contributed by atoms with Gasteiger partial charge < -0.3 is 15.1 Å². The van der Waals surface area contributed by atoms with Gasteiger partial charge in [-0.3, -0.25) is 4.79 Å². The van der Waals surface area contributed by atoms with Crippen molar-refractivity contribution < 1.29 is 19.8 Å². The minimum absolute atomic E-state index is 0.0714. The molecule has 0 saturated carbocycles. The predicted octanol–water partition coefficient (Wildman–Crippen LogP) is 1.69. The lowest BCUT2D eigenvalue weighted by Gasteiger charge is -2.35. The third kappa shape index (κ3) is 3.42. The Morgan fingerprint density at radius 2 is 1.76 bits per heavy atom. The zero-order chi connectivity index (χ0) is 15.5. The predicted molar refractivity (Wildman–Crippen MR) is 78.2 cm³/mol. The van der Waals surface area contributed by atoms with Gasteiger partial charge in [0.05, 0.1) is 0 Å². The number of hydrogen-bond donors (Lipinski definition) is 2. The Balaban J connectivity index is 2.00. The molecular formula is C16H21NO4. The molecule has 2 rings (SSSR count). The smallest absolute Gasteiger partial charge is 0.335 e. The summed E-state index contributed by atoms with van der Waals surface area (Å²) >= 11 is 0. The first-order valence-corrected chi connectivity index (χ1v) is 7.30. The van der Waals surface area contributed by atoms with Crippen molar-refractivity contribution in [1.82, 2.24) is 4.90 Å². The molecule has 0 radical (unpaired) electrons. The zero-order valence-electron chi connectivity index (χ0n) is 12.2. The van der Waals surface area contributed by atoms with Crippen LogP contribution in [-0.2, 0) is 11.2 Å². The minimum atomic E-state index is -1.69. The Hall–Kier alpha value is -1.88. The van der Waals surface area contributed by atoms with E-state index < -0.39 is 11.6 Å². The van der Waals surface area contributed by atoms with Crippen LogP contribution in [0.15, 0.2) is 24.3 Å². The molecule has 2 N–H and O–H groups in total. The van der Waals surface area contributed by atoms with E-state index in [1.54, 1.807) is 4.90 Å². The molecule has 1 amide bonds. The van der Waals surface area contributed by atoms with Crippen molar-refractivity contribution >= 4 is 11.9 Å². The Morgan fingerprint density at radius 3 is 2.24 bits per heavy atom. The fourth-order valence-corrected chi connectivity index (χ4v) is 2.58. The van der Waals surface area contributed by atoms with E-state index in [0.29, 0.717) is 5.56 Å². The molecule has 1 aliphatic rings. The monoisotopic (exact) mass is 291 g/mol. The molecule has 0 aliphatic carbocycles. The first-order valence-electron chi connectivity index (χ1n) is 7.30. The van der Waals surface area contributed by atoms with Gasteiger partial charge in [0.15, 0.2) is 5.60 Å². The number of benzene rings is 1. The molecule has 0 atom stereocenters. The lowest BCUT2D eigenvalue weighted by atomic mass is 9.91. The molecule has 0 aromatic heterocycles. The number of carbonyl (C=O) groups is 2. The summed E-state index contributed by atoms with van der Waals surface area (Å²) in [5.74, 6) is -1.32. The van der Waals surface area contributed by atoms with Crippen molar-refractivity contribution in [2.75, 3.05) is 13.1 Å². The Bertz CT molecular complexity index is 516. The first kappa shape index (κ1) is 15.5. The van der Waals surface area contributed by atoms with Crippen LogP contribution in [-0.4, -0.2) is 45.7 Å². The van der Waals surface area contributed by atoms with E-state index in [0.717, 1.165) is 12.8 Å². The SMILES string of the molecule is CCCc1ccc(C(=O)N2CCC(O)(C(=O)O)CC2)cc1. The minimum Gasteiger partial charge on any atom is -0.479 e. The molecule has 1 fully saturated rings. The number of aryl methyl sites for hydroxylation is 1. The number of carboxylic acid groups (broad SMARTS) is 1. The van der Waals surface area contributed by atoms with Crippen LogP contribution < -0.4 is 0 Å². The highest BCUT2D eigenvalue weighted by Crippen LogP contribution is 2.23. The molecule has 1 heterocycles. The van der Waals surface area contributed by atoms with E-state index in [-0.39, 0.29) is 31.8 Å². The largest absolute Gasteiger partial charge is 0.479 e. The number of amides is 1. The molecule has 114 valence electrons. The number of likely N-dealkylation sites (tertiary alicyclic amines) is 1. The fourth-order valence-electron chi connectivity index (χ4n) is 2.58. The van der Waals surface area contributed by atoms with Crippen molar-refractivity contribution in [2.24, 2.45) is 0 Å². The van der Waals surface area contributed by atoms with Crippen molar-refractivity contribution in [2.45, 2.75) is 38.2 Å². The molecule has 21 heavy (non-hydrogen) atoms. The summed E-state index contributed by atoms with van der Waals surface area (Å²) in [6.45, 7) is 2.63. The highest BCUT2D eigenvalue weighted by Gasteiger charge is 2.40. The van der Waals surface area contributed by atoms with Gasteiger partial charge in [-0.05, 0) is 24.1 Å². The number of aliphatic hydroxyl groups is 1. The standard InChI is InChI=1S/C16H21NO4/c1-2-3-12-4-6-13(7-5-12)14(18)17-10-8-16(21,9-11-17)15(19)20/h4-7,21H,2-3,8-11H2,1H3,(H,19,20). The van der Waals surface area contributed by atoms with E-state index >= 15 is 0 Å². The van der Waals surface area contributed by atoms with E-state index in [1.165, 1.54) is 5.56 Å². The number of nitrogens with zero attached hydrogens (tertiary/aromatic N) is 1. The van der Waals surface area contributed by atoms with E-state index in [1.807, 2.05) is 24.3 Å². The van der Waals surface area contributed by atoms with Gasteiger partial charge in [0.2, 0.25) is 0 Å². The quantitative estimate of drug-likeness (QED) is 0.885. The van der Waals surface area contributed by atoms with Gasteiger partial charge in [-0.2, -0.15) is 0 Å². The van der Waals surface area contributed by atoms with Crippen LogP contribution >= 0.6 is 0 Å². The molecule has 1 aromatic carbocycles. The van der Waals surface area contributed by atoms with Crippen molar-refractivity contribution in [3.05, 3.63) is 35.4 Å². The molecule has 0 bridgehead atoms. The van der Waals surface area contributed by atoms with Gasteiger partial charge in [0, 0.05) is 31.5 Å². The van der Waals surface area contributed by atoms with Crippen LogP contribution in [0.4, 0.5) is 0 Å². The average Bonchev–Trinajstić information content (AvgIpc) is 2.48. The Labute approximate surface area is 124 Å². The lowest BCUT2D eigenvalue weighted by Crippen LogP contribution is -2.50. The molecule has 1 aromatic rings. The number of piperidine rings is 1. The summed E-state index contributed by atoms with van der Waals surface area (Å²) in [6.07, 6.45) is 2.20. The van der Waals surface area contributed by atoms with E-state index in [2.05, 4.69) is 6.92 Å². The molecule has 0 unspecified atom stereocenters. The second-order valence-corrected chi connectivity index (χ2v) is 5.58. The molecule has 5 nitrogen and oxygen atoms in total. The number of rotatable bonds is 4. The summed E-state index contributed by atoms with van der Waals surface area (Å²) < 4.78 is 0. The van der Waals surface area contributed by atoms with Crippen LogP contribution in [0.3, 0.4) is 0 Å². The molecular weight excluding hydrogens is 270 g/mol. The summed E-state index contributed by atoms with van der Waals surface area (Å²) in [5, 5.41) is 18.8. The van der Waals surface area contributed by atoms with E-state index in [4.69, 9.17) is 5.11 Å². The van der Waals surface area contributed by atoms with Crippen LogP contribution in [0.25, 0.3) is 0 Å². The first-order chi connectivity index (χ1) is 9.96. The Morgan fingerprint density at radius 1 is 1.19 bits per heavy atom. The Kier molecular flexibility index (Phi) is 4.63. The van der Waals surface area contributed by atoms with Gasteiger partial charge in [-0.15, -0.1) is 0 Å². The van der Waals surface area contributed by atoms with Crippen LogP contribution in [0, 0.1) is 0 Å². The maximum absolute atomic E-state index is 12.3. The topological polar surface area (TPSA) is 77.8 Å². The third-order valence-electron chi connectivity index (χ3n) is 4.02. The summed E-state index contributed by atoms with van der Waals surface area (Å²) in [6, 6.07) is 7.53.